The minimum atomic E-state index is -0.552. The van der Waals surface area contributed by atoms with Crippen LogP contribution < -0.4 is 23.7 Å². The first-order chi connectivity index (χ1) is 43.8. The van der Waals surface area contributed by atoms with Crippen molar-refractivity contribution in [1.29, 1.82) is 0 Å². The molecule has 90 heavy (non-hydrogen) atoms. The average Bonchev–Trinajstić information content (AvgIpc) is 2.19. The highest BCUT2D eigenvalue weighted by Crippen LogP contribution is 2.37. The van der Waals surface area contributed by atoms with Gasteiger partial charge >= 0.3 is 41.8 Å². The minimum absolute atomic E-state index is 0.0210. The lowest BCUT2D eigenvalue weighted by Gasteiger charge is -2.26. The fourth-order valence-corrected chi connectivity index (χ4v) is 10.7. The van der Waals surface area contributed by atoms with Gasteiger partial charge in [0.2, 0.25) is 0 Å². The topological polar surface area (TPSA) is 212 Å². The van der Waals surface area contributed by atoms with Crippen molar-refractivity contribution in [3.05, 3.63) is 149 Å². The van der Waals surface area contributed by atoms with Crippen molar-refractivity contribution >= 4 is 41.8 Å². The molecule has 0 amide bonds. The van der Waals surface area contributed by atoms with Gasteiger partial charge in [-0.15, -0.1) is 0 Å². The summed E-state index contributed by atoms with van der Waals surface area (Å²) in [5.74, 6) is 2.27. The van der Waals surface area contributed by atoms with Crippen molar-refractivity contribution in [2.75, 3.05) is 52.9 Å². The van der Waals surface area contributed by atoms with Crippen LogP contribution in [0.1, 0.15) is 209 Å². The van der Waals surface area contributed by atoms with Crippen molar-refractivity contribution in [2.24, 2.45) is 11.8 Å². The largest absolute Gasteiger partial charge is 0.494 e. The molecule has 2 saturated carbocycles. The van der Waals surface area contributed by atoms with Crippen LogP contribution in [0.4, 0.5) is 0 Å². The van der Waals surface area contributed by atoms with Gasteiger partial charge in [0, 0.05) is 12.8 Å². The van der Waals surface area contributed by atoms with Crippen molar-refractivity contribution in [2.45, 2.75) is 167 Å². The molecule has 0 saturated heterocycles. The summed E-state index contributed by atoms with van der Waals surface area (Å²) in [6.45, 7) is 6.57. The van der Waals surface area contributed by atoms with Gasteiger partial charge < -0.3 is 47.4 Å². The van der Waals surface area contributed by atoms with Crippen molar-refractivity contribution in [3.63, 3.8) is 0 Å². The molecule has 0 N–H and O–H groups in total. The Morgan fingerprint density at radius 1 is 0.289 bits per heavy atom. The van der Waals surface area contributed by atoms with Crippen LogP contribution in [0.5, 0.6) is 28.7 Å². The summed E-state index contributed by atoms with van der Waals surface area (Å²) in [6.07, 6.45) is 16.6. The Kier molecular flexibility index (Phi) is 30.0. The number of hydrogen-bond donors (Lipinski definition) is 0. The number of ether oxygens (including phenoxy) is 10. The van der Waals surface area contributed by atoms with Crippen molar-refractivity contribution in [3.8, 4) is 28.7 Å². The van der Waals surface area contributed by atoms with Crippen LogP contribution in [-0.4, -0.2) is 94.6 Å². The lowest BCUT2D eigenvalue weighted by atomic mass is 9.79. The molecule has 5 aromatic rings. The minimum Gasteiger partial charge on any atom is -0.494 e. The number of carbonyl (C=O) groups is 7. The third kappa shape index (κ3) is 26.1. The van der Waals surface area contributed by atoms with Gasteiger partial charge in [-0.3, -0.25) is 19.2 Å². The second kappa shape index (κ2) is 39.0. The highest BCUT2D eigenvalue weighted by Gasteiger charge is 2.22. The van der Waals surface area contributed by atoms with E-state index < -0.39 is 41.8 Å². The first-order valence-electron chi connectivity index (χ1n) is 32.5. The maximum atomic E-state index is 12.7. The molecule has 5 aromatic carbocycles. The Hall–Kier alpha value is -8.21. The molecular formula is C73H90O17. The lowest BCUT2D eigenvalue weighted by Crippen LogP contribution is -2.13. The quantitative estimate of drug-likeness (QED) is 0.0156. The molecule has 2 aliphatic carbocycles. The van der Waals surface area contributed by atoms with Crippen LogP contribution in [0.15, 0.2) is 121 Å². The smallest absolute Gasteiger partial charge is 0.343 e. The number of rotatable bonds is 38. The van der Waals surface area contributed by atoms with Gasteiger partial charge in [0.1, 0.15) is 28.7 Å². The van der Waals surface area contributed by atoms with Gasteiger partial charge in [0.25, 0.3) is 0 Å². The Labute approximate surface area is 530 Å². The van der Waals surface area contributed by atoms with E-state index >= 15 is 0 Å². The number of benzene rings is 5. The molecule has 2 aliphatic rings. The Morgan fingerprint density at radius 3 is 0.900 bits per heavy atom. The van der Waals surface area contributed by atoms with Gasteiger partial charge in [0.05, 0.1) is 95.2 Å². The summed E-state index contributed by atoms with van der Waals surface area (Å²) < 4.78 is 54.8. The molecule has 0 spiro atoms. The number of hydrogen-bond acceptors (Lipinski definition) is 17. The van der Waals surface area contributed by atoms with Crippen molar-refractivity contribution in [1.82, 2.24) is 0 Å². The van der Waals surface area contributed by atoms with Crippen LogP contribution in [0.2, 0.25) is 0 Å². The maximum Gasteiger partial charge on any atom is 0.343 e. The molecule has 7 rings (SSSR count). The third-order valence-corrected chi connectivity index (χ3v) is 16.2. The molecule has 0 unspecified atom stereocenters. The van der Waals surface area contributed by atoms with E-state index in [1.165, 1.54) is 62.5 Å². The molecule has 0 atom stereocenters. The normalized spacial score (nSPS) is 16.2. The third-order valence-electron chi connectivity index (χ3n) is 16.2. The van der Waals surface area contributed by atoms with Gasteiger partial charge in [0.15, 0.2) is 0 Å². The number of carbonyl (C=O) groups excluding carboxylic acids is 7. The molecule has 0 radical (unpaired) electrons. The van der Waals surface area contributed by atoms with E-state index in [0.717, 1.165) is 50.4 Å². The van der Waals surface area contributed by atoms with E-state index in [9.17, 15) is 33.6 Å². The predicted octanol–water partition coefficient (Wildman–Crippen LogP) is 15.0. The molecule has 17 nitrogen and oxygen atoms in total. The van der Waals surface area contributed by atoms with E-state index in [1.807, 2.05) is 24.3 Å². The molecule has 2 fully saturated rings. The zero-order valence-electron chi connectivity index (χ0n) is 52.5. The van der Waals surface area contributed by atoms with Gasteiger partial charge in [-0.25, -0.2) is 14.4 Å². The summed E-state index contributed by atoms with van der Waals surface area (Å²) in [6, 6.07) is 36.0. The maximum absolute atomic E-state index is 12.7. The van der Waals surface area contributed by atoms with Crippen LogP contribution >= 0.6 is 0 Å². The summed E-state index contributed by atoms with van der Waals surface area (Å²) in [5.41, 5.74) is 3.81. The van der Waals surface area contributed by atoms with Gasteiger partial charge in [-0.05, 0) is 209 Å². The summed E-state index contributed by atoms with van der Waals surface area (Å²) in [5, 5.41) is 0. The Morgan fingerprint density at radius 2 is 0.556 bits per heavy atom. The van der Waals surface area contributed by atoms with Gasteiger partial charge in [-0.1, -0.05) is 63.8 Å². The van der Waals surface area contributed by atoms with E-state index in [4.69, 9.17) is 47.4 Å². The zero-order valence-corrected chi connectivity index (χ0v) is 52.5. The molecule has 17 heteroatoms. The molecule has 484 valence electrons. The molecule has 0 bridgehead atoms. The van der Waals surface area contributed by atoms with E-state index in [2.05, 4.69) is 38.1 Å². The van der Waals surface area contributed by atoms with Crippen LogP contribution in [0.25, 0.3) is 0 Å². The Balaban J connectivity index is 0.598. The first kappa shape index (κ1) is 69.3. The summed E-state index contributed by atoms with van der Waals surface area (Å²) in [4.78, 5) is 86.7. The molecule has 0 heterocycles. The zero-order chi connectivity index (χ0) is 63.6. The predicted molar refractivity (Wildman–Crippen MR) is 338 cm³/mol. The van der Waals surface area contributed by atoms with Gasteiger partial charge in [-0.2, -0.15) is 0 Å². The highest BCUT2D eigenvalue weighted by atomic mass is 16.6. The number of unbranched alkanes of at least 4 members (excludes halogenated alkanes) is 6. The standard InChI is InChI=1S/C73H90O17/c1-53-13-17-55(18-14-53)57-21-37-65(38-22-57)89-72(79)60-27-33-62(34-28-60)81-45-7-3-5-9-47-84-67(74)41-43-69(76)86-50-11-49-83-64-31-25-59(26-32-64)71(78)88-52-12-51-87-70(77)44-42-68(75)85-48-10-6-4-8-46-82-63-35-29-61(30-36-63)73(80)90-66-39-23-58(24-40-66)56-19-15-54(2)16-20-56/h21-40,53-56H,3-20,41-52H2,1-2H3. The van der Waals surface area contributed by atoms with E-state index in [1.54, 1.807) is 72.8 Å². The first-order valence-corrected chi connectivity index (χ1v) is 32.5. The average molecular weight is 1240 g/mol. The van der Waals surface area contributed by atoms with E-state index in [-0.39, 0.29) is 71.7 Å². The monoisotopic (exact) mass is 1240 g/mol. The summed E-state index contributed by atoms with van der Waals surface area (Å²) in [7, 11) is 0. The molecule has 0 aliphatic heterocycles. The van der Waals surface area contributed by atoms with Crippen LogP contribution in [-0.2, 0) is 42.9 Å². The van der Waals surface area contributed by atoms with Crippen molar-refractivity contribution < 1.29 is 80.9 Å². The summed E-state index contributed by atoms with van der Waals surface area (Å²) >= 11 is 0. The van der Waals surface area contributed by atoms with Crippen LogP contribution in [0.3, 0.4) is 0 Å². The second-order valence-corrected chi connectivity index (χ2v) is 23.5. The molecule has 0 aromatic heterocycles. The second-order valence-electron chi connectivity index (χ2n) is 23.5. The lowest BCUT2D eigenvalue weighted by molar-refractivity contribution is -0.150. The number of esters is 7. The van der Waals surface area contributed by atoms with Crippen LogP contribution in [0, 0.1) is 11.8 Å². The molecular weight excluding hydrogens is 1150 g/mol. The fourth-order valence-electron chi connectivity index (χ4n) is 10.7. The SMILES string of the molecule is CC1CCC(c2ccc(OC(=O)c3ccc(OCCCCCCOC(=O)CCC(=O)OCCCOC(=O)c4ccc(OCCCOC(=O)CCC(=O)OCCCCCCOc5ccc(C(=O)Oc6ccc(C7CCC(C)CC7)cc6)cc5)cc4)cc3)cc2)CC1. The highest BCUT2D eigenvalue weighted by molar-refractivity contribution is 5.92. The fraction of sp³-hybridized carbons (Fsp3) is 0.493. The van der Waals surface area contributed by atoms with E-state index in [0.29, 0.717) is 89.7 Å². The Bertz CT molecular complexity index is 2960.